The molecule has 4 aliphatic rings. The average molecular weight is 822 g/mol. The number of amides is 4. The zero-order valence-electron chi connectivity index (χ0n) is 31.5. The number of sulfonamides is 1. The van der Waals surface area contributed by atoms with Crippen molar-refractivity contribution in [2.45, 2.75) is 99.9 Å². The number of rotatable bonds is 7. The summed E-state index contributed by atoms with van der Waals surface area (Å²) in [6.45, 7) is 1.18. The Hall–Kier alpha value is -5.45. The second kappa shape index (κ2) is 15.1. The number of hydrogen-bond donors (Lipinski definition) is 3. The van der Waals surface area contributed by atoms with E-state index in [1.807, 2.05) is 12.2 Å². The first-order valence-corrected chi connectivity index (χ1v) is 21.0. The van der Waals surface area contributed by atoms with Gasteiger partial charge in [-0.1, -0.05) is 49.3 Å². The van der Waals surface area contributed by atoms with Crippen LogP contribution in [0, 0.1) is 5.92 Å². The van der Waals surface area contributed by atoms with E-state index in [2.05, 4.69) is 15.4 Å². The number of aromatic nitrogens is 1. The van der Waals surface area contributed by atoms with E-state index in [-0.39, 0.29) is 36.4 Å². The van der Waals surface area contributed by atoms with Gasteiger partial charge in [0.25, 0.3) is 5.91 Å². The van der Waals surface area contributed by atoms with Crippen LogP contribution in [0.5, 0.6) is 5.75 Å². The number of ether oxygens (including phenoxy) is 1. The van der Waals surface area contributed by atoms with Crippen molar-refractivity contribution in [3.8, 4) is 17.0 Å². The molecule has 2 aromatic heterocycles. The Kier molecular flexibility index (Phi) is 10.2. The van der Waals surface area contributed by atoms with E-state index in [0.29, 0.717) is 54.2 Å². The number of furan rings is 1. The second-order valence-corrected chi connectivity index (χ2v) is 17.6. The largest absolute Gasteiger partial charge is 0.484 e. The van der Waals surface area contributed by atoms with Crippen molar-refractivity contribution in [3.05, 3.63) is 72.3 Å². The summed E-state index contributed by atoms with van der Waals surface area (Å²) in [5.74, 6) is -2.80. The molecule has 0 radical (unpaired) electrons. The van der Waals surface area contributed by atoms with E-state index < -0.39 is 80.3 Å². The zero-order chi connectivity index (χ0) is 41.0. The van der Waals surface area contributed by atoms with Gasteiger partial charge >= 0.3 is 6.18 Å². The highest BCUT2D eigenvalue weighted by Crippen LogP contribution is 2.46. The van der Waals surface area contributed by atoms with Gasteiger partial charge in [-0.3, -0.25) is 23.9 Å². The number of fused-ring (bicyclic) bond motifs is 5. The summed E-state index contributed by atoms with van der Waals surface area (Å²) in [4.78, 5) is 60.9. The maximum Gasteiger partial charge on any atom is 0.416 e. The molecule has 0 unspecified atom stereocenters. The molecule has 4 heterocycles. The number of carbonyl (C=O) groups is 4. The number of hydrogen-bond acceptors (Lipinski definition) is 9. The van der Waals surface area contributed by atoms with Gasteiger partial charge < -0.3 is 24.7 Å². The third kappa shape index (κ3) is 7.87. The highest BCUT2D eigenvalue weighted by Gasteiger charge is 2.62. The minimum atomic E-state index is -4.54. The molecule has 5 atom stereocenters. The Bertz CT molecular complexity index is 2430. The normalized spacial score (nSPS) is 26.2. The molecule has 2 aliphatic carbocycles. The molecule has 306 valence electrons. The number of nitrogens with zero attached hydrogens (tertiary/aromatic N) is 2. The fourth-order valence-corrected chi connectivity index (χ4v) is 9.35. The zero-order valence-corrected chi connectivity index (χ0v) is 32.3. The molecule has 3 N–H and O–H groups in total. The van der Waals surface area contributed by atoms with Crippen LogP contribution in [0.15, 0.2) is 71.2 Å². The van der Waals surface area contributed by atoms with Gasteiger partial charge in [0.1, 0.15) is 34.8 Å². The van der Waals surface area contributed by atoms with Crippen LogP contribution in [0.1, 0.15) is 70.3 Å². The lowest BCUT2D eigenvalue weighted by atomic mass is 10.0. The smallest absolute Gasteiger partial charge is 0.416 e. The molecule has 13 nitrogen and oxygen atoms in total. The molecule has 2 saturated carbocycles. The highest BCUT2D eigenvalue weighted by atomic mass is 32.2. The molecule has 2 aromatic carbocycles. The lowest BCUT2D eigenvalue weighted by Crippen LogP contribution is -2.58. The van der Waals surface area contributed by atoms with Crippen LogP contribution in [-0.4, -0.2) is 77.5 Å². The van der Waals surface area contributed by atoms with Crippen molar-refractivity contribution in [2.24, 2.45) is 5.92 Å². The molecule has 1 saturated heterocycles. The van der Waals surface area contributed by atoms with Gasteiger partial charge in [-0.2, -0.15) is 13.2 Å². The van der Waals surface area contributed by atoms with E-state index in [4.69, 9.17) is 14.1 Å². The number of allylic oxidation sites excluding steroid dienone is 1. The molecule has 2 aliphatic heterocycles. The minimum Gasteiger partial charge on any atom is -0.484 e. The van der Waals surface area contributed by atoms with Crippen molar-refractivity contribution in [3.63, 3.8) is 0 Å². The summed E-state index contributed by atoms with van der Waals surface area (Å²) >= 11 is 0. The first-order chi connectivity index (χ1) is 27.6. The number of halogens is 3. The van der Waals surface area contributed by atoms with E-state index in [9.17, 15) is 40.8 Å². The van der Waals surface area contributed by atoms with Crippen molar-refractivity contribution < 1.29 is 49.9 Å². The maximum atomic E-state index is 14.4. The molecule has 0 bridgehead atoms. The molecule has 0 spiro atoms. The van der Waals surface area contributed by atoms with Crippen LogP contribution >= 0.6 is 0 Å². The molecule has 8 rings (SSSR count). The lowest BCUT2D eigenvalue weighted by molar-refractivity contribution is -0.142. The molecule has 17 heteroatoms. The number of carbonyl (C=O) groups excluding carboxylic acids is 4. The van der Waals surface area contributed by atoms with Crippen molar-refractivity contribution >= 4 is 55.7 Å². The molecule has 58 heavy (non-hydrogen) atoms. The SMILES string of the molecule is CC(=O)N[C@H]1CCCCC/C=C\[C@@H]2C[C@@]2(C(=O)NS(=O)(=O)C2CC2)NC(=O)[C@@H]2C[C@@H](Oc3cc(-c4ccc(C(F)(F)F)cc4)nc4c3oc3ccccc34)CN2C1=O. The van der Waals surface area contributed by atoms with Crippen molar-refractivity contribution in [2.75, 3.05) is 6.54 Å². The molecule has 4 aromatic rings. The fraction of sp³-hybridized carbons (Fsp3) is 0.439. The predicted molar refractivity (Wildman–Crippen MR) is 205 cm³/mol. The van der Waals surface area contributed by atoms with E-state index in [1.54, 1.807) is 24.3 Å². The van der Waals surface area contributed by atoms with Gasteiger partial charge in [-0.05, 0) is 62.8 Å². The summed E-state index contributed by atoms with van der Waals surface area (Å²) in [7, 11) is -3.94. The number of nitrogens with one attached hydrogen (secondary N) is 3. The Morgan fingerprint density at radius 3 is 2.52 bits per heavy atom. The van der Waals surface area contributed by atoms with E-state index >= 15 is 0 Å². The predicted octanol–water partition coefficient (Wildman–Crippen LogP) is 5.52. The Morgan fingerprint density at radius 1 is 1.03 bits per heavy atom. The van der Waals surface area contributed by atoms with Crippen LogP contribution in [0.2, 0.25) is 0 Å². The van der Waals surface area contributed by atoms with Crippen LogP contribution < -0.4 is 20.1 Å². The Labute approximate surface area is 331 Å². The summed E-state index contributed by atoms with van der Waals surface area (Å²) < 4.78 is 80.9. The fourth-order valence-electron chi connectivity index (χ4n) is 7.99. The summed E-state index contributed by atoms with van der Waals surface area (Å²) in [5.41, 5.74) is -0.622. The monoisotopic (exact) mass is 821 g/mol. The van der Waals surface area contributed by atoms with Crippen LogP contribution in [-0.2, 0) is 35.4 Å². The van der Waals surface area contributed by atoms with Crippen LogP contribution in [0.25, 0.3) is 33.3 Å². The Morgan fingerprint density at radius 2 is 1.79 bits per heavy atom. The maximum absolute atomic E-state index is 14.4. The van der Waals surface area contributed by atoms with Gasteiger partial charge in [0.05, 0.1) is 23.1 Å². The van der Waals surface area contributed by atoms with E-state index in [0.717, 1.165) is 25.0 Å². The van der Waals surface area contributed by atoms with Crippen LogP contribution in [0.4, 0.5) is 13.2 Å². The molecule has 3 fully saturated rings. The van der Waals surface area contributed by atoms with Crippen molar-refractivity contribution in [1.82, 2.24) is 25.2 Å². The van der Waals surface area contributed by atoms with Gasteiger partial charge in [-0.15, -0.1) is 0 Å². The van der Waals surface area contributed by atoms with Gasteiger partial charge in [0.2, 0.25) is 27.7 Å². The highest BCUT2D eigenvalue weighted by molar-refractivity contribution is 7.91. The van der Waals surface area contributed by atoms with Crippen molar-refractivity contribution in [1.29, 1.82) is 0 Å². The number of para-hydroxylation sites is 1. The quantitative estimate of drug-likeness (QED) is 0.203. The first kappa shape index (κ1) is 39.4. The number of benzene rings is 2. The number of alkyl halides is 3. The summed E-state index contributed by atoms with van der Waals surface area (Å²) in [6.07, 6.45) is 2.40. The average Bonchev–Trinajstić information content (AvgIpc) is 4.08. The second-order valence-electron chi connectivity index (χ2n) is 15.6. The van der Waals surface area contributed by atoms with Gasteiger partial charge in [0, 0.05) is 36.3 Å². The van der Waals surface area contributed by atoms with Crippen LogP contribution in [0.3, 0.4) is 0 Å². The third-order valence-corrected chi connectivity index (χ3v) is 13.1. The lowest BCUT2D eigenvalue weighted by Gasteiger charge is -2.29. The van der Waals surface area contributed by atoms with Gasteiger partial charge in [0.15, 0.2) is 11.3 Å². The number of pyridine rings is 1. The molecule has 4 amide bonds. The first-order valence-electron chi connectivity index (χ1n) is 19.4. The molecular weight excluding hydrogens is 780 g/mol. The standard InChI is InChI=1S/C41H42F3N5O8S/c1-23(50)45-30-11-6-4-2-3-5-9-26-21-40(26,39(53)48-58(54,55)28-17-18-28)47-37(51)32-19-27(22-49(32)38(30)52)56-34-20-31(24-13-15-25(16-14-24)41(42,43)44)46-35-29-10-7-8-12-33(29)57-36(34)35/h5,7-10,12-16,20,26-28,30,32H,2-4,6,11,17-19,21-22H2,1H3,(H,45,50)(H,47,51)(H,48,53)/b9-5-/t26-,27-,30+,32+,40-/m1/s1. The topological polar surface area (TPSA) is 177 Å². The summed E-state index contributed by atoms with van der Waals surface area (Å²) in [6, 6.07) is 11.0. The summed E-state index contributed by atoms with van der Waals surface area (Å²) in [5, 5.41) is 5.53. The minimum absolute atomic E-state index is 0.0669. The Balaban J connectivity index is 1.14. The van der Waals surface area contributed by atoms with Gasteiger partial charge in [-0.25, -0.2) is 13.4 Å². The molecular formula is C41H42F3N5O8S. The third-order valence-electron chi connectivity index (χ3n) is 11.3. The van der Waals surface area contributed by atoms with E-state index in [1.165, 1.54) is 30.0 Å².